The zero-order valence-electron chi connectivity index (χ0n) is 10.4. The number of hydrogen-bond donors (Lipinski definition) is 2. The third kappa shape index (κ3) is 2.93. The number of H-pyrrole nitrogens is 1. The monoisotopic (exact) mass is 256 g/mol. The van der Waals surface area contributed by atoms with Crippen LogP contribution >= 0.6 is 11.8 Å². The quantitative estimate of drug-likeness (QED) is 0.831. The average Bonchev–Trinajstić information content (AvgIpc) is 2.91. The summed E-state index contributed by atoms with van der Waals surface area (Å²) in [6, 6.07) is 0.623. The number of aromatic nitrogens is 3. The van der Waals surface area contributed by atoms with E-state index in [0.29, 0.717) is 11.3 Å². The zero-order chi connectivity index (χ0) is 12.3. The Kier molecular flexibility index (Phi) is 4.28. The molecule has 2 unspecified atom stereocenters. The van der Waals surface area contributed by atoms with Crippen LogP contribution in [0.3, 0.4) is 0 Å². The fraction of sp³-hybridized carbons (Fsp3) is 0.818. The van der Waals surface area contributed by atoms with Crippen LogP contribution in [-0.4, -0.2) is 33.1 Å². The van der Waals surface area contributed by atoms with Crippen molar-refractivity contribution >= 4 is 11.8 Å². The summed E-state index contributed by atoms with van der Waals surface area (Å²) in [6.07, 6.45) is 4.53. The number of hydrogen-bond acceptors (Lipinski definition) is 4. The van der Waals surface area contributed by atoms with Gasteiger partial charge in [-0.2, -0.15) is 0 Å². The highest BCUT2D eigenvalue weighted by atomic mass is 32.2. The highest BCUT2D eigenvalue weighted by molar-refractivity contribution is 7.99. The van der Waals surface area contributed by atoms with E-state index in [1.807, 2.05) is 7.05 Å². The lowest BCUT2D eigenvalue weighted by Gasteiger charge is -2.10. The van der Waals surface area contributed by atoms with E-state index in [2.05, 4.69) is 22.4 Å². The minimum atomic E-state index is -0.0856. The lowest BCUT2D eigenvalue weighted by atomic mass is 10.3. The minimum Gasteiger partial charge on any atom is -0.317 e. The van der Waals surface area contributed by atoms with Crippen molar-refractivity contribution < 1.29 is 0 Å². The van der Waals surface area contributed by atoms with Crippen LogP contribution in [0, 0.1) is 0 Å². The number of rotatable bonds is 5. The van der Waals surface area contributed by atoms with Crippen molar-refractivity contribution in [3.63, 3.8) is 0 Å². The highest BCUT2D eigenvalue weighted by Gasteiger charge is 2.25. The van der Waals surface area contributed by atoms with Crippen molar-refractivity contribution in [3.05, 3.63) is 10.5 Å². The van der Waals surface area contributed by atoms with Gasteiger partial charge in [0.1, 0.15) is 0 Å². The summed E-state index contributed by atoms with van der Waals surface area (Å²) in [4.78, 5) is 11.5. The maximum absolute atomic E-state index is 11.5. The predicted octanol–water partition coefficient (Wildman–Crippen LogP) is 1.21. The van der Waals surface area contributed by atoms with E-state index in [-0.39, 0.29) is 5.69 Å². The predicted molar refractivity (Wildman–Crippen MR) is 69.5 cm³/mol. The van der Waals surface area contributed by atoms with Gasteiger partial charge in [-0.3, -0.25) is 4.57 Å². The van der Waals surface area contributed by atoms with Gasteiger partial charge >= 0.3 is 5.69 Å². The van der Waals surface area contributed by atoms with Gasteiger partial charge in [-0.05, 0) is 32.7 Å². The molecule has 0 bridgehead atoms. The first-order chi connectivity index (χ1) is 8.24. The molecular formula is C11H20N4OS. The molecule has 0 spiro atoms. The molecule has 2 N–H and O–H groups in total. The molecule has 0 saturated heterocycles. The summed E-state index contributed by atoms with van der Waals surface area (Å²) in [5.74, 6) is 0. The summed E-state index contributed by atoms with van der Waals surface area (Å²) < 4.78 is 1.75. The molecule has 0 aliphatic heterocycles. The Balaban J connectivity index is 2.01. The van der Waals surface area contributed by atoms with Gasteiger partial charge in [-0.15, -0.1) is 5.10 Å². The fourth-order valence-corrected chi connectivity index (χ4v) is 3.55. The van der Waals surface area contributed by atoms with E-state index in [1.54, 1.807) is 16.3 Å². The number of aromatic amines is 1. The van der Waals surface area contributed by atoms with Crippen molar-refractivity contribution in [2.45, 2.75) is 55.6 Å². The summed E-state index contributed by atoms with van der Waals surface area (Å²) in [6.45, 7) is 2.82. The molecule has 5 nitrogen and oxygen atoms in total. The second-order valence-electron chi connectivity index (χ2n) is 4.50. The Morgan fingerprint density at radius 3 is 3.06 bits per heavy atom. The van der Waals surface area contributed by atoms with E-state index >= 15 is 0 Å². The van der Waals surface area contributed by atoms with Crippen molar-refractivity contribution in [1.29, 1.82) is 0 Å². The molecule has 1 aromatic heterocycles. The fourth-order valence-electron chi connectivity index (χ4n) is 2.27. The standard InChI is InChI=1S/C11H20N4OS/c1-3-6-15-10(16)13-14-11(15)17-9-5-4-8(7-9)12-2/h8-9,12H,3-7H2,1-2H3,(H,13,16). The SMILES string of the molecule is CCCn1c(SC2CCC(NC)C2)n[nH]c1=O. The second-order valence-corrected chi connectivity index (χ2v) is 5.77. The molecule has 1 aliphatic carbocycles. The largest absolute Gasteiger partial charge is 0.343 e. The molecule has 1 heterocycles. The molecule has 6 heteroatoms. The number of nitrogens with zero attached hydrogens (tertiary/aromatic N) is 2. The molecule has 96 valence electrons. The molecule has 0 aromatic carbocycles. The molecule has 1 fully saturated rings. The summed E-state index contributed by atoms with van der Waals surface area (Å²) in [5, 5.41) is 11.4. The first kappa shape index (κ1) is 12.7. The van der Waals surface area contributed by atoms with E-state index in [1.165, 1.54) is 12.8 Å². The first-order valence-corrected chi connectivity index (χ1v) is 7.11. The average molecular weight is 256 g/mol. The number of thioether (sulfide) groups is 1. The van der Waals surface area contributed by atoms with Crippen LogP contribution in [0.25, 0.3) is 0 Å². The first-order valence-electron chi connectivity index (χ1n) is 6.23. The highest BCUT2D eigenvalue weighted by Crippen LogP contribution is 2.33. The van der Waals surface area contributed by atoms with Gasteiger partial charge in [0.05, 0.1) is 0 Å². The van der Waals surface area contributed by atoms with Gasteiger partial charge in [0.25, 0.3) is 0 Å². The van der Waals surface area contributed by atoms with Gasteiger partial charge in [-0.25, -0.2) is 9.89 Å². The van der Waals surface area contributed by atoms with Crippen molar-refractivity contribution in [2.75, 3.05) is 7.05 Å². The van der Waals surface area contributed by atoms with E-state index < -0.39 is 0 Å². The Hall–Kier alpha value is -0.750. The van der Waals surface area contributed by atoms with Gasteiger partial charge in [-0.1, -0.05) is 18.7 Å². The molecule has 0 radical (unpaired) electrons. The third-order valence-corrected chi connectivity index (χ3v) is 4.52. The summed E-state index contributed by atoms with van der Waals surface area (Å²) >= 11 is 1.74. The molecule has 0 amide bonds. The Labute approximate surface area is 105 Å². The van der Waals surface area contributed by atoms with Crippen LogP contribution in [0.5, 0.6) is 0 Å². The topological polar surface area (TPSA) is 62.7 Å². The van der Waals surface area contributed by atoms with Gasteiger partial charge in [0.15, 0.2) is 5.16 Å². The lowest BCUT2D eigenvalue weighted by molar-refractivity contribution is 0.582. The van der Waals surface area contributed by atoms with Crippen molar-refractivity contribution in [2.24, 2.45) is 0 Å². The van der Waals surface area contributed by atoms with Crippen LogP contribution in [0.4, 0.5) is 0 Å². The maximum Gasteiger partial charge on any atom is 0.343 e. The minimum absolute atomic E-state index is 0.0856. The summed E-state index contributed by atoms with van der Waals surface area (Å²) in [5.41, 5.74) is -0.0856. The van der Waals surface area contributed by atoms with Crippen LogP contribution in [0.1, 0.15) is 32.6 Å². The number of nitrogens with one attached hydrogen (secondary N) is 2. The molecule has 1 aromatic rings. The normalized spacial score (nSPS) is 24.4. The molecule has 1 saturated carbocycles. The lowest BCUT2D eigenvalue weighted by Crippen LogP contribution is -2.21. The maximum atomic E-state index is 11.5. The molecule has 1 aliphatic rings. The van der Waals surface area contributed by atoms with Crippen LogP contribution in [0.2, 0.25) is 0 Å². The zero-order valence-corrected chi connectivity index (χ0v) is 11.2. The van der Waals surface area contributed by atoms with E-state index in [0.717, 1.165) is 24.5 Å². The van der Waals surface area contributed by atoms with Gasteiger partial charge in [0, 0.05) is 17.8 Å². The van der Waals surface area contributed by atoms with Crippen LogP contribution in [-0.2, 0) is 6.54 Å². The molecular weight excluding hydrogens is 236 g/mol. The van der Waals surface area contributed by atoms with E-state index in [4.69, 9.17) is 0 Å². The van der Waals surface area contributed by atoms with Crippen LogP contribution in [0.15, 0.2) is 9.95 Å². The molecule has 2 rings (SSSR count). The van der Waals surface area contributed by atoms with Crippen molar-refractivity contribution in [1.82, 2.24) is 20.1 Å². The Bertz CT molecular complexity index is 414. The second kappa shape index (κ2) is 5.73. The smallest absolute Gasteiger partial charge is 0.317 e. The van der Waals surface area contributed by atoms with Gasteiger partial charge < -0.3 is 5.32 Å². The summed E-state index contributed by atoms with van der Waals surface area (Å²) in [7, 11) is 2.01. The van der Waals surface area contributed by atoms with Crippen LogP contribution < -0.4 is 11.0 Å². The van der Waals surface area contributed by atoms with Crippen molar-refractivity contribution in [3.8, 4) is 0 Å². The third-order valence-electron chi connectivity index (χ3n) is 3.24. The Morgan fingerprint density at radius 2 is 2.41 bits per heavy atom. The Morgan fingerprint density at radius 1 is 1.59 bits per heavy atom. The molecule has 2 atom stereocenters. The molecule has 17 heavy (non-hydrogen) atoms. The van der Waals surface area contributed by atoms with Gasteiger partial charge in [0.2, 0.25) is 0 Å². The van der Waals surface area contributed by atoms with E-state index in [9.17, 15) is 4.79 Å².